The molecule has 0 radical (unpaired) electrons. The van der Waals surface area contributed by atoms with Crippen LogP contribution < -0.4 is 5.32 Å². The fourth-order valence-corrected chi connectivity index (χ4v) is 3.18. The van der Waals surface area contributed by atoms with Gasteiger partial charge in [0.05, 0.1) is 0 Å². The van der Waals surface area contributed by atoms with Crippen LogP contribution in [0.25, 0.3) is 0 Å². The summed E-state index contributed by atoms with van der Waals surface area (Å²) in [7, 11) is 0. The first-order chi connectivity index (χ1) is 10.2. The van der Waals surface area contributed by atoms with Crippen molar-refractivity contribution in [2.45, 2.75) is 33.2 Å². The molecule has 1 aliphatic heterocycles. The van der Waals surface area contributed by atoms with E-state index < -0.39 is 0 Å². The maximum absolute atomic E-state index is 12.8. The van der Waals surface area contributed by atoms with Crippen LogP contribution in [0.4, 0.5) is 0 Å². The highest BCUT2D eigenvalue weighted by atomic mass is 16.1. The zero-order valence-electron chi connectivity index (χ0n) is 12.7. The molecule has 0 aromatic heterocycles. The molecule has 108 valence electrons. The van der Waals surface area contributed by atoms with Crippen LogP contribution in [0.3, 0.4) is 0 Å². The van der Waals surface area contributed by atoms with Crippen molar-refractivity contribution < 1.29 is 4.79 Å². The van der Waals surface area contributed by atoms with Crippen LogP contribution in [0.5, 0.6) is 0 Å². The maximum atomic E-state index is 12.8. The highest BCUT2D eigenvalue weighted by Crippen LogP contribution is 2.22. The van der Waals surface area contributed by atoms with Crippen LogP contribution in [0, 0.1) is 13.8 Å². The predicted octanol–water partition coefficient (Wildman–Crippen LogP) is 3.37. The molecule has 2 aromatic carbocycles. The van der Waals surface area contributed by atoms with Crippen LogP contribution in [-0.4, -0.2) is 12.3 Å². The maximum Gasteiger partial charge on any atom is 0.167 e. The summed E-state index contributed by atoms with van der Waals surface area (Å²) < 4.78 is 0. The molecule has 0 saturated heterocycles. The third kappa shape index (κ3) is 2.77. The van der Waals surface area contributed by atoms with E-state index in [1.54, 1.807) is 0 Å². The molecule has 0 saturated carbocycles. The lowest BCUT2D eigenvalue weighted by Crippen LogP contribution is -2.25. The minimum absolute atomic E-state index is 0.242. The van der Waals surface area contributed by atoms with Crippen LogP contribution in [-0.2, 0) is 19.4 Å². The number of fused-ring (bicyclic) bond motifs is 1. The van der Waals surface area contributed by atoms with Gasteiger partial charge >= 0.3 is 0 Å². The standard InChI is InChI=1S/C19H21NO/c1-13-5-3-6-14(2)18(13)11-19(21)17-8-4-7-15-12-20-10-9-16(15)17/h3-8,20H,9-12H2,1-2H3. The smallest absolute Gasteiger partial charge is 0.167 e. The molecule has 0 unspecified atom stereocenters. The number of Topliss-reactive ketones (excluding diaryl/α,β-unsaturated/α-hetero) is 1. The molecule has 2 aromatic rings. The Morgan fingerprint density at radius 3 is 2.57 bits per heavy atom. The van der Waals surface area contributed by atoms with Crippen molar-refractivity contribution in [2.24, 2.45) is 0 Å². The summed E-state index contributed by atoms with van der Waals surface area (Å²) in [6.07, 6.45) is 1.45. The van der Waals surface area contributed by atoms with Crippen molar-refractivity contribution in [3.05, 3.63) is 69.8 Å². The molecule has 21 heavy (non-hydrogen) atoms. The fourth-order valence-electron chi connectivity index (χ4n) is 3.18. The van der Waals surface area contributed by atoms with Crippen molar-refractivity contribution in [2.75, 3.05) is 6.54 Å². The highest BCUT2D eigenvalue weighted by molar-refractivity contribution is 5.99. The van der Waals surface area contributed by atoms with Crippen molar-refractivity contribution in [1.29, 1.82) is 0 Å². The summed E-state index contributed by atoms with van der Waals surface area (Å²) >= 11 is 0. The van der Waals surface area contributed by atoms with Gasteiger partial charge in [0.1, 0.15) is 0 Å². The molecule has 0 amide bonds. The van der Waals surface area contributed by atoms with E-state index in [0.717, 1.165) is 25.1 Å². The second-order valence-electron chi connectivity index (χ2n) is 5.84. The number of rotatable bonds is 3. The lowest BCUT2D eigenvalue weighted by molar-refractivity contribution is 0.0991. The summed E-state index contributed by atoms with van der Waals surface area (Å²) in [5.74, 6) is 0.242. The minimum Gasteiger partial charge on any atom is -0.312 e. The Hall–Kier alpha value is -1.93. The third-order valence-electron chi connectivity index (χ3n) is 4.42. The molecule has 2 nitrogen and oxygen atoms in total. The molecule has 0 atom stereocenters. The van der Waals surface area contributed by atoms with Crippen molar-refractivity contribution in [3.63, 3.8) is 0 Å². The van der Waals surface area contributed by atoms with E-state index in [9.17, 15) is 4.79 Å². The molecule has 0 fully saturated rings. The highest BCUT2D eigenvalue weighted by Gasteiger charge is 2.18. The molecule has 0 bridgehead atoms. The molecular weight excluding hydrogens is 258 g/mol. The summed E-state index contributed by atoms with van der Waals surface area (Å²) in [4.78, 5) is 12.8. The molecule has 1 aliphatic rings. The fraction of sp³-hybridized carbons (Fsp3) is 0.316. The minimum atomic E-state index is 0.242. The van der Waals surface area contributed by atoms with E-state index in [0.29, 0.717) is 6.42 Å². The number of hydrogen-bond acceptors (Lipinski definition) is 2. The van der Waals surface area contributed by atoms with Gasteiger partial charge in [-0.25, -0.2) is 0 Å². The van der Waals surface area contributed by atoms with Crippen molar-refractivity contribution in [1.82, 2.24) is 5.32 Å². The van der Waals surface area contributed by atoms with E-state index in [1.165, 1.54) is 27.8 Å². The van der Waals surface area contributed by atoms with Crippen LogP contribution in [0.1, 0.15) is 38.2 Å². The van der Waals surface area contributed by atoms with E-state index in [4.69, 9.17) is 0 Å². The zero-order chi connectivity index (χ0) is 14.8. The Balaban J connectivity index is 1.93. The largest absolute Gasteiger partial charge is 0.312 e. The van der Waals surface area contributed by atoms with E-state index >= 15 is 0 Å². The Bertz CT molecular complexity index is 668. The monoisotopic (exact) mass is 279 g/mol. The normalized spacial score (nSPS) is 13.8. The Kier molecular flexibility index (Phi) is 3.89. The van der Waals surface area contributed by atoms with Gasteiger partial charge in [0.15, 0.2) is 5.78 Å². The Morgan fingerprint density at radius 2 is 1.81 bits per heavy atom. The first-order valence-corrected chi connectivity index (χ1v) is 7.56. The molecule has 2 heteroatoms. The lowest BCUT2D eigenvalue weighted by atomic mass is 9.89. The van der Waals surface area contributed by atoms with Crippen LogP contribution in [0.15, 0.2) is 36.4 Å². The second kappa shape index (κ2) is 5.82. The molecular formula is C19H21NO. The number of aryl methyl sites for hydroxylation is 2. The first kappa shape index (κ1) is 14.0. The van der Waals surface area contributed by atoms with Crippen LogP contribution >= 0.6 is 0 Å². The van der Waals surface area contributed by atoms with Gasteiger partial charge < -0.3 is 5.32 Å². The van der Waals surface area contributed by atoms with Gasteiger partial charge in [-0.1, -0.05) is 36.4 Å². The molecule has 3 rings (SSSR count). The van der Waals surface area contributed by atoms with Crippen molar-refractivity contribution >= 4 is 5.78 Å². The van der Waals surface area contributed by atoms with Gasteiger partial charge in [-0.05, 0) is 54.6 Å². The quantitative estimate of drug-likeness (QED) is 0.873. The lowest BCUT2D eigenvalue weighted by Gasteiger charge is -2.20. The summed E-state index contributed by atoms with van der Waals surface area (Å²) in [6, 6.07) is 12.3. The topological polar surface area (TPSA) is 29.1 Å². The zero-order valence-corrected chi connectivity index (χ0v) is 12.7. The Morgan fingerprint density at radius 1 is 1.10 bits per heavy atom. The van der Waals surface area contributed by atoms with Crippen LogP contribution in [0.2, 0.25) is 0 Å². The number of nitrogens with one attached hydrogen (secondary N) is 1. The average molecular weight is 279 g/mol. The van der Waals surface area contributed by atoms with Gasteiger partial charge in [-0.15, -0.1) is 0 Å². The molecule has 0 spiro atoms. The third-order valence-corrected chi connectivity index (χ3v) is 4.42. The first-order valence-electron chi connectivity index (χ1n) is 7.56. The van der Waals surface area contributed by atoms with E-state index in [-0.39, 0.29) is 5.78 Å². The van der Waals surface area contributed by atoms with Crippen molar-refractivity contribution in [3.8, 4) is 0 Å². The second-order valence-corrected chi connectivity index (χ2v) is 5.84. The number of ketones is 1. The number of carbonyl (C=O) groups excluding carboxylic acids is 1. The summed E-state index contributed by atoms with van der Waals surface area (Å²) in [5, 5.41) is 3.36. The number of carbonyl (C=O) groups is 1. The van der Waals surface area contributed by atoms with Gasteiger partial charge in [-0.2, -0.15) is 0 Å². The van der Waals surface area contributed by atoms with E-state index in [2.05, 4.69) is 43.4 Å². The predicted molar refractivity (Wildman–Crippen MR) is 85.8 cm³/mol. The number of benzene rings is 2. The van der Waals surface area contributed by atoms with Gasteiger partial charge in [-0.3, -0.25) is 4.79 Å². The molecule has 1 N–H and O–H groups in total. The molecule has 1 heterocycles. The van der Waals surface area contributed by atoms with Gasteiger partial charge in [0.2, 0.25) is 0 Å². The number of hydrogen-bond donors (Lipinski definition) is 1. The van der Waals surface area contributed by atoms with Gasteiger partial charge in [0.25, 0.3) is 0 Å². The van der Waals surface area contributed by atoms with Gasteiger partial charge in [0, 0.05) is 18.5 Å². The average Bonchev–Trinajstić information content (AvgIpc) is 2.50. The van der Waals surface area contributed by atoms with E-state index in [1.807, 2.05) is 12.1 Å². The SMILES string of the molecule is Cc1cccc(C)c1CC(=O)c1cccc2c1CCNC2. The summed E-state index contributed by atoms with van der Waals surface area (Å²) in [6.45, 7) is 6.00. The molecule has 0 aliphatic carbocycles. The summed E-state index contributed by atoms with van der Waals surface area (Å²) in [5.41, 5.74) is 7.01. The Labute approximate surface area is 126 Å².